The fraction of sp³-hybridized carbons (Fsp3) is 0.917. The summed E-state index contributed by atoms with van der Waals surface area (Å²) in [5, 5.41) is 3.21. The van der Waals surface area contributed by atoms with Crippen LogP contribution in [0, 0.1) is 5.92 Å². The van der Waals surface area contributed by atoms with Gasteiger partial charge in [0.25, 0.3) is 0 Å². The number of rotatable bonds is 5. The van der Waals surface area contributed by atoms with E-state index in [2.05, 4.69) is 26.1 Å². The summed E-state index contributed by atoms with van der Waals surface area (Å²) >= 11 is 0. The second kappa shape index (κ2) is 5.50. The molecule has 0 aromatic carbocycles. The summed E-state index contributed by atoms with van der Waals surface area (Å²) in [5.41, 5.74) is -0.466. The fourth-order valence-corrected chi connectivity index (χ4v) is 1.59. The van der Waals surface area contributed by atoms with E-state index < -0.39 is 5.54 Å². The molecule has 0 bridgehead atoms. The van der Waals surface area contributed by atoms with Crippen LogP contribution in [0.15, 0.2) is 0 Å². The van der Waals surface area contributed by atoms with Crippen LogP contribution in [0.25, 0.3) is 0 Å². The molecular weight excluding hydrogens is 188 g/mol. The quantitative estimate of drug-likeness (QED) is 0.758. The molecule has 15 heavy (non-hydrogen) atoms. The SMILES string of the molecule is CCNC(C)(C)C(=O)N(C)C(C)C(C)C. The second-order valence-corrected chi connectivity index (χ2v) is 5.06. The molecule has 0 aromatic rings. The number of hydrogen-bond donors (Lipinski definition) is 1. The lowest BCUT2D eigenvalue weighted by Crippen LogP contribution is -2.55. The fourth-order valence-electron chi connectivity index (χ4n) is 1.59. The zero-order chi connectivity index (χ0) is 12.2. The maximum Gasteiger partial charge on any atom is 0.242 e. The Kier molecular flexibility index (Phi) is 5.29. The highest BCUT2D eigenvalue weighted by Gasteiger charge is 2.31. The van der Waals surface area contributed by atoms with E-state index in [0.29, 0.717) is 5.92 Å². The summed E-state index contributed by atoms with van der Waals surface area (Å²) in [6.45, 7) is 13.0. The Labute approximate surface area is 94.2 Å². The molecule has 1 N–H and O–H groups in total. The number of amides is 1. The van der Waals surface area contributed by atoms with Crippen LogP contribution in [-0.4, -0.2) is 36.0 Å². The molecule has 0 fully saturated rings. The standard InChI is InChI=1S/C12H26N2O/c1-8-13-12(5,6)11(15)14(7)10(4)9(2)3/h9-10,13H,8H2,1-7H3. The summed E-state index contributed by atoms with van der Waals surface area (Å²) in [6.07, 6.45) is 0. The smallest absolute Gasteiger partial charge is 0.242 e. The van der Waals surface area contributed by atoms with Crippen LogP contribution in [-0.2, 0) is 4.79 Å². The van der Waals surface area contributed by atoms with Crippen molar-refractivity contribution in [3.8, 4) is 0 Å². The second-order valence-electron chi connectivity index (χ2n) is 5.06. The van der Waals surface area contributed by atoms with Gasteiger partial charge in [0.15, 0.2) is 0 Å². The van der Waals surface area contributed by atoms with Crippen LogP contribution in [0.3, 0.4) is 0 Å². The zero-order valence-corrected chi connectivity index (χ0v) is 11.2. The van der Waals surface area contributed by atoms with Gasteiger partial charge in [0, 0.05) is 13.1 Å². The average Bonchev–Trinajstić information content (AvgIpc) is 2.14. The van der Waals surface area contributed by atoms with Crippen LogP contribution in [0.2, 0.25) is 0 Å². The number of nitrogens with zero attached hydrogens (tertiary/aromatic N) is 1. The lowest BCUT2D eigenvalue weighted by molar-refractivity contribution is -0.138. The molecule has 0 radical (unpaired) electrons. The van der Waals surface area contributed by atoms with Gasteiger partial charge in [-0.15, -0.1) is 0 Å². The molecule has 3 heteroatoms. The molecule has 0 saturated heterocycles. The van der Waals surface area contributed by atoms with Crippen molar-refractivity contribution >= 4 is 5.91 Å². The van der Waals surface area contributed by atoms with Gasteiger partial charge in [0.1, 0.15) is 0 Å². The lowest BCUT2D eigenvalue weighted by Gasteiger charge is -2.35. The number of hydrogen-bond acceptors (Lipinski definition) is 2. The molecule has 0 aliphatic carbocycles. The van der Waals surface area contributed by atoms with E-state index in [1.54, 1.807) is 0 Å². The third kappa shape index (κ3) is 3.82. The Morgan fingerprint density at radius 3 is 2.13 bits per heavy atom. The molecule has 0 saturated carbocycles. The maximum atomic E-state index is 12.2. The lowest BCUT2D eigenvalue weighted by atomic mass is 9.99. The summed E-state index contributed by atoms with van der Waals surface area (Å²) in [4.78, 5) is 14.0. The first kappa shape index (κ1) is 14.4. The van der Waals surface area contributed by atoms with Gasteiger partial charge in [0.05, 0.1) is 5.54 Å². The highest BCUT2D eigenvalue weighted by molar-refractivity contribution is 5.85. The van der Waals surface area contributed by atoms with Crippen molar-refractivity contribution < 1.29 is 4.79 Å². The summed E-state index contributed by atoms with van der Waals surface area (Å²) < 4.78 is 0. The largest absolute Gasteiger partial charge is 0.341 e. The highest BCUT2D eigenvalue weighted by Crippen LogP contribution is 2.14. The summed E-state index contributed by atoms with van der Waals surface area (Å²) in [7, 11) is 1.88. The van der Waals surface area contributed by atoms with Gasteiger partial charge < -0.3 is 10.2 Å². The summed E-state index contributed by atoms with van der Waals surface area (Å²) in [5.74, 6) is 0.641. The van der Waals surface area contributed by atoms with Crippen LogP contribution < -0.4 is 5.32 Å². The van der Waals surface area contributed by atoms with Crippen LogP contribution in [0.4, 0.5) is 0 Å². The van der Waals surface area contributed by atoms with E-state index in [-0.39, 0.29) is 11.9 Å². The van der Waals surface area contributed by atoms with Crippen LogP contribution in [0.5, 0.6) is 0 Å². The molecule has 0 aromatic heterocycles. The third-order valence-electron chi connectivity index (χ3n) is 3.05. The minimum absolute atomic E-state index is 0.158. The predicted octanol–water partition coefficient (Wildman–Crippen LogP) is 1.88. The van der Waals surface area contributed by atoms with Crippen molar-refractivity contribution in [2.75, 3.05) is 13.6 Å². The number of likely N-dealkylation sites (N-methyl/N-ethyl adjacent to an activating group) is 2. The van der Waals surface area contributed by atoms with Crippen molar-refractivity contribution in [1.29, 1.82) is 0 Å². The molecule has 0 aliphatic heterocycles. The Bertz CT molecular complexity index is 212. The van der Waals surface area contributed by atoms with Crippen molar-refractivity contribution in [2.24, 2.45) is 5.92 Å². The predicted molar refractivity (Wildman–Crippen MR) is 64.8 cm³/mol. The number of carbonyl (C=O) groups excluding carboxylic acids is 1. The average molecular weight is 214 g/mol. The Morgan fingerprint density at radius 1 is 1.33 bits per heavy atom. The molecule has 0 spiro atoms. The molecule has 0 rings (SSSR count). The third-order valence-corrected chi connectivity index (χ3v) is 3.05. The number of nitrogens with one attached hydrogen (secondary N) is 1. The highest BCUT2D eigenvalue weighted by atomic mass is 16.2. The Hall–Kier alpha value is -0.570. The minimum Gasteiger partial charge on any atom is -0.341 e. The molecule has 90 valence electrons. The van der Waals surface area contributed by atoms with E-state index in [1.807, 2.05) is 32.7 Å². The van der Waals surface area contributed by atoms with Crippen LogP contribution in [0.1, 0.15) is 41.5 Å². The van der Waals surface area contributed by atoms with Gasteiger partial charge >= 0.3 is 0 Å². The molecular formula is C12H26N2O. The van der Waals surface area contributed by atoms with Crippen molar-refractivity contribution in [2.45, 2.75) is 53.1 Å². The first-order valence-electron chi connectivity index (χ1n) is 5.76. The van der Waals surface area contributed by atoms with E-state index in [4.69, 9.17) is 0 Å². The minimum atomic E-state index is -0.466. The van der Waals surface area contributed by atoms with E-state index in [9.17, 15) is 4.79 Å². The van der Waals surface area contributed by atoms with Gasteiger partial charge in [0.2, 0.25) is 5.91 Å². The Morgan fingerprint density at radius 2 is 1.80 bits per heavy atom. The molecule has 3 nitrogen and oxygen atoms in total. The van der Waals surface area contributed by atoms with Crippen molar-refractivity contribution in [3.63, 3.8) is 0 Å². The monoisotopic (exact) mass is 214 g/mol. The van der Waals surface area contributed by atoms with Gasteiger partial charge in [-0.2, -0.15) is 0 Å². The first-order valence-corrected chi connectivity index (χ1v) is 5.76. The van der Waals surface area contributed by atoms with Crippen molar-refractivity contribution in [3.05, 3.63) is 0 Å². The van der Waals surface area contributed by atoms with Crippen LogP contribution >= 0.6 is 0 Å². The van der Waals surface area contributed by atoms with E-state index in [1.165, 1.54) is 0 Å². The topological polar surface area (TPSA) is 32.3 Å². The van der Waals surface area contributed by atoms with Gasteiger partial charge in [-0.05, 0) is 33.2 Å². The van der Waals surface area contributed by atoms with Gasteiger partial charge in [-0.1, -0.05) is 20.8 Å². The molecule has 1 atom stereocenters. The number of carbonyl (C=O) groups is 1. The van der Waals surface area contributed by atoms with E-state index >= 15 is 0 Å². The Balaban J connectivity index is 4.56. The van der Waals surface area contributed by atoms with Gasteiger partial charge in [-0.3, -0.25) is 4.79 Å². The molecule has 1 unspecified atom stereocenters. The maximum absolute atomic E-state index is 12.2. The summed E-state index contributed by atoms with van der Waals surface area (Å²) in [6, 6.07) is 0.274. The molecule has 0 heterocycles. The molecule has 0 aliphatic rings. The van der Waals surface area contributed by atoms with E-state index in [0.717, 1.165) is 6.54 Å². The zero-order valence-electron chi connectivity index (χ0n) is 11.2. The van der Waals surface area contributed by atoms with Gasteiger partial charge in [-0.25, -0.2) is 0 Å². The normalized spacial score (nSPS) is 14.1. The molecule has 1 amide bonds. The van der Waals surface area contributed by atoms with Crippen molar-refractivity contribution in [1.82, 2.24) is 10.2 Å². The first-order chi connectivity index (χ1) is 6.74.